The lowest BCUT2D eigenvalue weighted by atomic mass is 10.1. The fraction of sp³-hybridized carbons (Fsp3) is 0.250. The Morgan fingerprint density at radius 1 is 1.28 bits per heavy atom. The Balaban J connectivity index is 1.41. The van der Waals surface area contributed by atoms with Crippen LogP contribution in [0.3, 0.4) is 0 Å². The van der Waals surface area contributed by atoms with Gasteiger partial charge >= 0.3 is 6.01 Å². The normalized spacial score (nSPS) is 16.7. The summed E-state index contributed by atoms with van der Waals surface area (Å²) >= 11 is 0. The van der Waals surface area contributed by atoms with Crippen LogP contribution in [0.4, 0.5) is 5.95 Å². The van der Waals surface area contributed by atoms with Crippen molar-refractivity contribution < 1.29 is 23.5 Å². The van der Waals surface area contributed by atoms with Crippen LogP contribution in [0, 0.1) is 6.92 Å². The predicted octanol–water partition coefficient (Wildman–Crippen LogP) is 2.34. The van der Waals surface area contributed by atoms with Gasteiger partial charge in [0.05, 0.1) is 18.2 Å². The molecule has 3 aromatic heterocycles. The summed E-state index contributed by atoms with van der Waals surface area (Å²) in [5.41, 5.74) is 2.27. The third-order valence-electron chi connectivity index (χ3n) is 6.01. The van der Waals surface area contributed by atoms with Crippen LogP contribution in [0.1, 0.15) is 40.9 Å². The van der Waals surface area contributed by atoms with E-state index in [1.165, 1.54) is 0 Å². The molecule has 4 aromatic rings. The number of anilines is 1. The van der Waals surface area contributed by atoms with E-state index < -0.39 is 5.91 Å². The number of fused-ring (bicyclic) bond motifs is 2. The highest BCUT2D eigenvalue weighted by atomic mass is 16.5. The largest absolute Gasteiger partial charge is 0.461 e. The van der Waals surface area contributed by atoms with Crippen molar-refractivity contribution in [3.63, 3.8) is 0 Å². The van der Waals surface area contributed by atoms with Crippen molar-refractivity contribution in [1.29, 1.82) is 0 Å². The van der Waals surface area contributed by atoms with E-state index in [0.717, 1.165) is 12.8 Å². The number of nitrogens with one attached hydrogen (secondary N) is 3. The summed E-state index contributed by atoms with van der Waals surface area (Å²) in [6.45, 7) is 1.73. The summed E-state index contributed by atoms with van der Waals surface area (Å²) in [5, 5.41) is 13.2. The molecule has 12 heteroatoms. The van der Waals surface area contributed by atoms with E-state index in [-0.39, 0.29) is 30.3 Å². The number of rotatable bonds is 6. The number of hydrogen-bond donors (Lipinski definition) is 3. The smallest absolute Gasteiger partial charge is 0.327 e. The van der Waals surface area contributed by atoms with Crippen LogP contribution in [-0.4, -0.2) is 50.4 Å². The Morgan fingerprint density at radius 2 is 2.11 bits per heavy atom. The van der Waals surface area contributed by atoms with Crippen LogP contribution in [-0.2, 0) is 9.59 Å². The Kier molecular flexibility index (Phi) is 4.95. The molecule has 182 valence electrons. The first-order chi connectivity index (χ1) is 17.4. The van der Waals surface area contributed by atoms with Gasteiger partial charge in [-0.2, -0.15) is 19.6 Å². The molecule has 12 nitrogen and oxygen atoms in total. The third-order valence-corrected chi connectivity index (χ3v) is 6.01. The van der Waals surface area contributed by atoms with E-state index in [1.807, 2.05) is 0 Å². The SMILES string of the molecule is CNC(=O)c1c(C)oc2ccc(Oc3nc(NC4CC4)n4ncc(/C=C5\CC(=O)NC5=O)c4n3)cc12. The van der Waals surface area contributed by atoms with E-state index in [2.05, 4.69) is 31.0 Å². The second-order valence-electron chi connectivity index (χ2n) is 8.68. The molecule has 2 aliphatic rings. The maximum atomic E-state index is 12.4. The second kappa shape index (κ2) is 8.18. The minimum atomic E-state index is -0.433. The standard InChI is InChI=1S/C24H21N7O5/c1-11-19(22(34)25-2)16-9-15(5-6-17(16)35-11)36-24-29-20-13(7-12-8-18(32)28-21(12)33)10-26-31(20)23(30-24)27-14-3-4-14/h5-7,9-10,14H,3-4,8H2,1-2H3,(H,25,34)(H,27,29,30)(H,28,32,33)/b12-7+. The molecule has 0 bridgehead atoms. The van der Waals surface area contributed by atoms with Gasteiger partial charge in [0.25, 0.3) is 11.8 Å². The number of nitrogens with zero attached hydrogens (tertiary/aromatic N) is 4. The van der Waals surface area contributed by atoms with Crippen LogP contribution in [0.2, 0.25) is 0 Å². The van der Waals surface area contributed by atoms with Crippen molar-refractivity contribution in [1.82, 2.24) is 30.2 Å². The topological polar surface area (TPSA) is 153 Å². The summed E-state index contributed by atoms with van der Waals surface area (Å²) in [4.78, 5) is 45.0. The van der Waals surface area contributed by atoms with Crippen LogP contribution in [0.25, 0.3) is 22.7 Å². The second-order valence-corrected chi connectivity index (χ2v) is 8.68. The average Bonchev–Trinajstić information content (AvgIpc) is 3.35. The molecule has 0 spiro atoms. The molecule has 3 N–H and O–H groups in total. The summed E-state index contributed by atoms with van der Waals surface area (Å²) in [6, 6.07) is 5.45. The van der Waals surface area contributed by atoms with Crippen molar-refractivity contribution in [3.05, 3.63) is 46.9 Å². The quantitative estimate of drug-likeness (QED) is 0.275. The van der Waals surface area contributed by atoms with Crippen LogP contribution < -0.4 is 20.7 Å². The number of amides is 3. The van der Waals surface area contributed by atoms with Gasteiger partial charge in [0.15, 0.2) is 5.65 Å². The van der Waals surface area contributed by atoms with E-state index >= 15 is 0 Å². The lowest BCUT2D eigenvalue weighted by molar-refractivity contribution is -0.124. The lowest BCUT2D eigenvalue weighted by Gasteiger charge is -2.09. The summed E-state index contributed by atoms with van der Waals surface area (Å²) in [7, 11) is 1.56. The average molecular weight is 487 g/mol. The van der Waals surface area contributed by atoms with Gasteiger partial charge in [-0.1, -0.05) is 0 Å². The lowest BCUT2D eigenvalue weighted by Crippen LogP contribution is -2.19. The Bertz CT molecular complexity index is 1610. The minimum Gasteiger partial charge on any atom is -0.461 e. The molecule has 1 aliphatic heterocycles. The number of carbonyl (C=O) groups is 3. The molecule has 0 unspecified atom stereocenters. The number of furan rings is 1. The van der Waals surface area contributed by atoms with Crippen LogP contribution >= 0.6 is 0 Å². The van der Waals surface area contributed by atoms with Gasteiger partial charge in [0.2, 0.25) is 11.9 Å². The Hall–Kier alpha value is -4.74. The fourth-order valence-electron chi connectivity index (χ4n) is 4.11. The van der Waals surface area contributed by atoms with Crippen LogP contribution in [0.15, 0.2) is 34.4 Å². The summed E-state index contributed by atoms with van der Waals surface area (Å²) in [5.74, 6) is 0.316. The van der Waals surface area contributed by atoms with Crippen LogP contribution in [0.5, 0.6) is 11.8 Å². The monoisotopic (exact) mass is 487 g/mol. The highest BCUT2D eigenvalue weighted by molar-refractivity contribution is 6.15. The summed E-state index contributed by atoms with van der Waals surface area (Å²) < 4.78 is 13.3. The maximum Gasteiger partial charge on any atom is 0.327 e. The molecule has 1 aliphatic carbocycles. The molecule has 0 radical (unpaired) electrons. The molecule has 3 amide bonds. The zero-order chi connectivity index (χ0) is 25.0. The Labute approximate surface area is 203 Å². The third kappa shape index (κ3) is 3.82. The zero-order valence-electron chi connectivity index (χ0n) is 19.4. The predicted molar refractivity (Wildman–Crippen MR) is 128 cm³/mol. The highest BCUT2D eigenvalue weighted by Gasteiger charge is 2.26. The van der Waals surface area contributed by atoms with Crippen molar-refractivity contribution in [3.8, 4) is 11.8 Å². The molecule has 1 aromatic carbocycles. The number of aryl methyl sites for hydroxylation is 1. The Morgan fingerprint density at radius 3 is 2.83 bits per heavy atom. The van der Waals surface area contributed by atoms with Gasteiger partial charge in [-0.05, 0) is 44.0 Å². The van der Waals surface area contributed by atoms with E-state index in [4.69, 9.17) is 9.15 Å². The molecule has 2 fully saturated rings. The molecule has 1 saturated heterocycles. The number of carbonyl (C=O) groups excluding carboxylic acids is 3. The van der Waals surface area contributed by atoms with Gasteiger partial charge < -0.3 is 19.8 Å². The molecular formula is C24H21N7O5. The molecule has 1 saturated carbocycles. The first-order valence-corrected chi connectivity index (χ1v) is 11.4. The molecular weight excluding hydrogens is 466 g/mol. The maximum absolute atomic E-state index is 12.4. The summed E-state index contributed by atoms with van der Waals surface area (Å²) in [6.07, 6.45) is 5.18. The van der Waals surface area contributed by atoms with Gasteiger partial charge in [-0.3, -0.25) is 19.7 Å². The van der Waals surface area contributed by atoms with Crippen molar-refractivity contribution in [2.24, 2.45) is 0 Å². The molecule has 0 atom stereocenters. The molecule has 4 heterocycles. The van der Waals surface area contributed by atoms with E-state index in [9.17, 15) is 14.4 Å². The highest BCUT2D eigenvalue weighted by Crippen LogP contribution is 2.32. The van der Waals surface area contributed by atoms with Gasteiger partial charge in [-0.15, -0.1) is 0 Å². The van der Waals surface area contributed by atoms with Crippen molar-refractivity contribution in [2.75, 3.05) is 12.4 Å². The number of imide groups is 1. The first-order valence-electron chi connectivity index (χ1n) is 11.4. The minimum absolute atomic E-state index is 0.00437. The molecule has 36 heavy (non-hydrogen) atoms. The number of ether oxygens (including phenoxy) is 1. The molecule has 6 rings (SSSR count). The first kappa shape index (κ1) is 21.8. The number of aromatic nitrogens is 4. The van der Waals surface area contributed by atoms with E-state index in [0.29, 0.717) is 50.8 Å². The number of benzene rings is 1. The van der Waals surface area contributed by atoms with Gasteiger partial charge in [0.1, 0.15) is 17.1 Å². The van der Waals surface area contributed by atoms with Crippen molar-refractivity contribution >= 4 is 46.4 Å². The fourth-order valence-corrected chi connectivity index (χ4v) is 4.11. The van der Waals surface area contributed by atoms with Gasteiger partial charge in [0, 0.05) is 29.6 Å². The van der Waals surface area contributed by atoms with Gasteiger partial charge in [-0.25, -0.2) is 0 Å². The van der Waals surface area contributed by atoms with Crippen molar-refractivity contribution in [2.45, 2.75) is 32.2 Å². The zero-order valence-corrected chi connectivity index (χ0v) is 19.4. The number of hydrogen-bond acceptors (Lipinski definition) is 9. The van der Waals surface area contributed by atoms with E-state index in [1.54, 1.807) is 49.0 Å².